The molecule has 1 atom stereocenters. The first-order chi connectivity index (χ1) is 11.0. The molecule has 0 aliphatic heterocycles. The second kappa shape index (κ2) is 9.61. The molecule has 128 valence electrons. The molecule has 0 saturated heterocycles. The van der Waals surface area contributed by atoms with Crippen LogP contribution in [0, 0.1) is 40.7 Å². The molecule has 1 heteroatoms. The van der Waals surface area contributed by atoms with Crippen LogP contribution in [0.25, 0.3) is 6.08 Å². The van der Waals surface area contributed by atoms with Gasteiger partial charge in [-0.15, -0.1) is 11.6 Å². The fourth-order valence-electron chi connectivity index (χ4n) is 3.29. The fourth-order valence-corrected chi connectivity index (χ4v) is 3.29. The Balaban J connectivity index is 0.000000238. The predicted molar refractivity (Wildman–Crippen MR) is 102 cm³/mol. The van der Waals surface area contributed by atoms with Crippen molar-refractivity contribution in [3.05, 3.63) is 69.3 Å². The number of rotatable bonds is 3. The van der Waals surface area contributed by atoms with Gasteiger partial charge in [0, 0.05) is 25.8 Å². The number of benzene rings is 1. The van der Waals surface area contributed by atoms with Crippen LogP contribution < -0.4 is 0 Å². The predicted octanol–water partition coefficient (Wildman–Crippen LogP) is 6.74. The van der Waals surface area contributed by atoms with E-state index in [0.717, 1.165) is 0 Å². The summed E-state index contributed by atoms with van der Waals surface area (Å²) in [5.41, 5.74) is 10.2. The third kappa shape index (κ3) is 4.63. The summed E-state index contributed by atoms with van der Waals surface area (Å²) in [4.78, 5) is 0. The van der Waals surface area contributed by atoms with E-state index in [1.54, 1.807) is 0 Å². The SMILES string of the molecule is CCCCC1[C-]=Cc2ccccc21.Cc1c(C)c(C)[c-](C)c1C.[Hf]. The van der Waals surface area contributed by atoms with Gasteiger partial charge in [-0.05, 0) is 0 Å². The van der Waals surface area contributed by atoms with Crippen LogP contribution in [0.4, 0.5) is 0 Å². The molecule has 0 N–H and O–H groups in total. The van der Waals surface area contributed by atoms with Crippen LogP contribution in [0.2, 0.25) is 0 Å². The van der Waals surface area contributed by atoms with Gasteiger partial charge in [0.1, 0.15) is 0 Å². The summed E-state index contributed by atoms with van der Waals surface area (Å²) < 4.78 is 0. The van der Waals surface area contributed by atoms with E-state index in [0.29, 0.717) is 5.92 Å². The Morgan fingerprint density at radius 2 is 1.58 bits per heavy atom. The van der Waals surface area contributed by atoms with Crippen LogP contribution >= 0.6 is 0 Å². The maximum Gasteiger partial charge on any atom is 0 e. The largest absolute Gasteiger partial charge is 0.268 e. The van der Waals surface area contributed by atoms with E-state index in [-0.39, 0.29) is 25.8 Å². The van der Waals surface area contributed by atoms with Gasteiger partial charge in [-0.1, -0.05) is 84.9 Å². The molecule has 2 aromatic carbocycles. The van der Waals surface area contributed by atoms with Crippen LogP contribution in [0.3, 0.4) is 0 Å². The van der Waals surface area contributed by atoms with Crippen LogP contribution in [-0.2, 0) is 25.8 Å². The summed E-state index contributed by atoms with van der Waals surface area (Å²) in [5.74, 6) is 0.566. The Hall–Kier alpha value is -0.820. The van der Waals surface area contributed by atoms with E-state index in [2.05, 4.69) is 78.0 Å². The number of allylic oxidation sites excluding steroid dienone is 1. The van der Waals surface area contributed by atoms with Crippen LogP contribution in [0.15, 0.2) is 24.3 Å². The molecular formula is C23H30Hf-2. The molecule has 1 unspecified atom stereocenters. The third-order valence-electron chi connectivity index (χ3n) is 5.47. The minimum absolute atomic E-state index is 0. The zero-order chi connectivity index (χ0) is 17.0. The van der Waals surface area contributed by atoms with Gasteiger partial charge in [-0.25, -0.2) is 6.08 Å². The molecule has 0 amide bonds. The van der Waals surface area contributed by atoms with Crippen molar-refractivity contribution in [2.24, 2.45) is 0 Å². The van der Waals surface area contributed by atoms with Crippen molar-refractivity contribution in [2.75, 3.05) is 0 Å². The van der Waals surface area contributed by atoms with Gasteiger partial charge in [0.2, 0.25) is 0 Å². The van der Waals surface area contributed by atoms with Crippen molar-refractivity contribution in [3.8, 4) is 0 Å². The summed E-state index contributed by atoms with van der Waals surface area (Å²) >= 11 is 0. The van der Waals surface area contributed by atoms with E-state index < -0.39 is 0 Å². The first-order valence-corrected chi connectivity index (χ1v) is 8.85. The smallest absolute Gasteiger partial charge is 0 e. The summed E-state index contributed by atoms with van der Waals surface area (Å²) in [7, 11) is 0. The molecule has 0 nitrogen and oxygen atoms in total. The van der Waals surface area contributed by atoms with Gasteiger partial charge < -0.3 is 0 Å². The number of hydrogen-bond acceptors (Lipinski definition) is 0. The topological polar surface area (TPSA) is 0 Å². The molecule has 0 aromatic heterocycles. The molecular weight excluding hydrogens is 455 g/mol. The zero-order valence-electron chi connectivity index (χ0n) is 16.1. The molecule has 3 rings (SSSR count). The van der Waals surface area contributed by atoms with Crippen LogP contribution in [0.1, 0.15) is 71.0 Å². The normalized spacial score (nSPS) is 14.7. The number of fused-ring (bicyclic) bond motifs is 1. The zero-order valence-corrected chi connectivity index (χ0v) is 19.7. The van der Waals surface area contributed by atoms with Gasteiger partial charge in [-0.3, -0.25) is 6.08 Å². The number of hydrogen-bond donors (Lipinski definition) is 0. The Labute approximate surface area is 167 Å². The first-order valence-electron chi connectivity index (χ1n) is 8.85. The van der Waals surface area contributed by atoms with E-state index in [9.17, 15) is 0 Å². The quantitative estimate of drug-likeness (QED) is 0.334. The van der Waals surface area contributed by atoms with Crippen LogP contribution in [0.5, 0.6) is 0 Å². The average Bonchev–Trinajstić information content (AvgIpc) is 3.06. The van der Waals surface area contributed by atoms with Crippen molar-refractivity contribution in [2.45, 2.75) is 66.7 Å². The van der Waals surface area contributed by atoms with E-state index >= 15 is 0 Å². The minimum atomic E-state index is 0. The van der Waals surface area contributed by atoms with Crippen molar-refractivity contribution in [1.82, 2.24) is 0 Å². The molecule has 0 radical (unpaired) electrons. The Bertz CT molecular complexity index is 608. The van der Waals surface area contributed by atoms with E-state index in [1.165, 1.54) is 58.2 Å². The maximum absolute atomic E-state index is 3.43. The van der Waals surface area contributed by atoms with Gasteiger partial charge in [0.05, 0.1) is 0 Å². The van der Waals surface area contributed by atoms with Crippen molar-refractivity contribution >= 4 is 6.08 Å². The summed E-state index contributed by atoms with van der Waals surface area (Å²) in [6.07, 6.45) is 9.40. The summed E-state index contributed by atoms with van der Waals surface area (Å²) in [5, 5.41) is 0. The van der Waals surface area contributed by atoms with Gasteiger partial charge >= 0.3 is 0 Å². The first kappa shape index (κ1) is 21.2. The van der Waals surface area contributed by atoms with Crippen molar-refractivity contribution < 1.29 is 25.8 Å². The Morgan fingerprint density at radius 3 is 2.08 bits per heavy atom. The van der Waals surface area contributed by atoms with Crippen molar-refractivity contribution in [1.29, 1.82) is 0 Å². The monoisotopic (exact) mass is 486 g/mol. The maximum atomic E-state index is 3.43. The van der Waals surface area contributed by atoms with Crippen LogP contribution in [-0.4, -0.2) is 0 Å². The van der Waals surface area contributed by atoms with Gasteiger partial charge in [0.15, 0.2) is 0 Å². The number of unbranched alkanes of at least 4 members (excludes halogenated alkanes) is 1. The minimum Gasteiger partial charge on any atom is -0.268 e. The molecule has 1 aliphatic rings. The molecule has 0 spiro atoms. The van der Waals surface area contributed by atoms with E-state index in [1.807, 2.05) is 0 Å². The molecule has 1 aliphatic carbocycles. The molecule has 24 heavy (non-hydrogen) atoms. The van der Waals surface area contributed by atoms with E-state index in [4.69, 9.17) is 0 Å². The Morgan fingerprint density at radius 1 is 1.00 bits per heavy atom. The molecule has 0 saturated carbocycles. The fraction of sp³-hybridized carbons (Fsp3) is 0.435. The average molecular weight is 485 g/mol. The second-order valence-corrected chi connectivity index (χ2v) is 6.76. The van der Waals surface area contributed by atoms with Gasteiger partial charge in [-0.2, -0.15) is 33.4 Å². The summed E-state index contributed by atoms with van der Waals surface area (Å²) in [6.45, 7) is 13.2. The third-order valence-corrected chi connectivity index (χ3v) is 5.47. The summed E-state index contributed by atoms with van der Waals surface area (Å²) in [6, 6.07) is 8.62. The molecule has 0 fully saturated rings. The molecule has 2 aromatic rings. The standard InChI is InChI=1S/C13H15.C10H15.Hf/c1-2-3-6-11-9-10-12-7-4-5-8-13(11)12;1-6-7(2)9(4)10(5)8(6)3;/h4-5,7-8,10-11H,2-3,6H2,1H3;1-5H3;/q2*-1;. The molecule has 0 bridgehead atoms. The van der Waals surface area contributed by atoms with Crippen molar-refractivity contribution in [3.63, 3.8) is 0 Å². The Kier molecular flexibility index (Phi) is 8.50. The van der Waals surface area contributed by atoms with Gasteiger partial charge in [0.25, 0.3) is 0 Å². The second-order valence-electron chi connectivity index (χ2n) is 6.76. The molecule has 0 heterocycles.